The van der Waals surface area contributed by atoms with E-state index in [2.05, 4.69) is 5.32 Å². The largest absolute Gasteiger partial charge is 0.359 e. The van der Waals surface area contributed by atoms with Crippen LogP contribution in [0, 0.1) is 11.6 Å². The lowest BCUT2D eigenvalue weighted by Crippen LogP contribution is -1.98. The van der Waals surface area contributed by atoms with Crippen LogP contribution in [-0.2, 0) is 4.79 Å². The van der Waals surface area contributed by atoms with Crippen LogP contribution in [0.25, 0.3) is 0 Å². The fourth-order valence-corrected chi connectivity index (χ4v) is 1.39. The van der Waals surface area contributed by atoms with Gasteiger partial charge in [-0.3, -0.25) is 4.79 Å². The zero-order valence-corrected chi connectivity index (χ0v) is 8.34. The van der Waals surface area contributed by atoms with Gasteiger partial charge >= 0.3 is 0 Å². The second-order valence-corrected chi connectivity index (χ2v) is 3.40. The van der Waals surface area contributed by atoms with E-state index in [9.17, 15) is 13.6 Å². The fraction of sp³-hybridized carbons (Fsp3) is 0.0833. The summed E-state index contributed by atoms with van der Waals surface area (Å²) < 4.78 is 25.8. The number of nitrogens with one attached hydrogen (secondary N) is 1. The average Bonchev–Trinajstić information content (AvgIpc) is 2.63. The number of Topliss-reactive ketones (excluding diaryl/α,β-unsaturated/α-hetero) is 1. The van der Waals surface area contributed by atoms with E-state index < -0.39 is 11.6 Å². The van der Waals surface area contributed by atoms with Crippen molar-refractivity contribution in [3.05, 3.63) is 53.8 Å². The van der Waals surface area contributed by atoms with Gasteiger partial charge in [0.1, 0.15) is 11.6 Å². The van der Waals surface area contributed by atoms with Crippen molar-refractivity contribution in [2.24, 2.45) is 0 Å². The third-order valence-corrected chi connectivity index (χ3v) is 2.24. The van der Waals surface area contributed by atoms with Gasteiger partial charge in [-0.15, -0.1) is 0 Å². The van der Waals surface area contributed by atoms with Gasteiger partial charge in [-0.25, -0.2) is 8.78 Å². The second kappa shape index (κ2) is 4.26. The Morgan fingerprint density at radius 1 is 1.31 bits per heavy atom. The first-order chi connectivity index (χ1) is 7.66. The maximum absolute atomic E-state index is 13.2. The summed E-state index contributed by atoms with van der Waals surface area (Å²) in [5.41, 5.74) is 0.630. The van der Waals surface area contributed by atoms with Crippen molar-refractivity contribution >= 4 is 11.5 Å². The Kier molecular flexibility index (Phi) is 2.81. The molecule has 0 saturated carbocycles. The molecule has 0 radical (unpaired) electrons. The summed E-state index contributed by atoms with van der Waals surface area (Å²) in [4.78, 5) is 11.2. The normalized spacial score (nSPS) is 17.1. The zero-order valence-electron chi connectivity index (χ0n) is 8.34. The summed E-state index contributed by atoms with van der Waals surface area (Å²) in [5.74, 6) is -1.34. The van der Waals surface area contributed by atoms with Crippen LogP contribution in [0.1, 0.15) is 6.42 Å². The van der Waals surface area contributed by atoms with Crippen molar-refractivity contribution in [3.63, 3.8) is 0 Å². The predicted molar refractivity (Wildman–Crippen MR) is 56.8 cm³/mol. The highest BCUT2D eigenvalue weighted by Crippen LogP contribution is 2.17. The molecule has 0 saturated heterocycles. The van der Waals surface area contributed by atoms with Crippen LogP contribution in [-0.4, -0.2) is 5.78 Å². The number of halogens is 2. The van der Waals surface area contributed by atoms with Crippen LogP contribution in [0.15, 0.2) is 42.1 Å². The van der Waals surface area contributed by atoms with E-state index >= 15 is 0 Å². The molecule has 0 amide bonds. The zero-order chi connectivity index (χ0) is 11.5. The SMILES string of the molecule is O=C1CC=C/C1=C/Nc1ccc(F)cc1F. The first kappa shape index (κ1) is 10.5. The van der Waals surface area contributed by atoms with Crippen molar-refractivity contribution < 1.29 is 13.6 Å². The number of rotatable bonds is 2. The van der Waals surface area contributed by atoms with E-state index in [-0.39, 0.29) is 11.5 Å². The van der Waals surface area contributed by atoms with E-state index in [1.807, 2.05) is 0 Å². The number of allylic oxidation sites excluding steroid dienone is 3. The van der Waals surface area contributed by atoms with Crippen molar-refractivity contribution in [2.75, 3.05) is 5.32 Å². The molecule has 4 heteroatoms. The van der Waals surface area contributed by atoms with E-state index in [0.717, 1.165) is 12.1 Å². The topological polar surface area (TPSA) is 29.1 Å². The van der Waals surface area contributed by atoms with Crippen LogP contribution in [0.3, 0.4) is 0 Å². The third-order valence-electron chi connectivity index (χ3n) is 2.24. The minimum atomic E-state index is -0.689. The van der Waals surface area contributed by atoms with E-state index in [4.69, 9.17) is 0 Å². The lowest BCUT2D eigenvalue weighted by molar-refractivity contribution is -0.114. The molecule has 0 fully saturated rings. The summed E-state index contributed by atoms with van der Waals surface area (Å²) in [7, 11) is 0. The lowest BCUT2D eigenvalue weighted by atomic mass is 10.2. The van der Waals surface area contributed by atoms with Gasteiger partial charge in [0.25, 0.3) is 0 Å². The Bertz CT molecular complexity index is 492. The summed E-state index contributed by atoms with van der Waals surface area (Å²) in [6.07, 6.45) is 5.19. The molecular formula is C12H9F2NO. The minimum Gasteiger partial charge on any atom is -0.359 e. The van der Waals surface area contributed by atoms with Crippen LogP contribution < -0.4 is 5.32 Å². The Hall–Kier alpha value is -1.97. The van der Waals surface area contributed by atoms with Gasteiger partial charge in [0.15, 0.2) is 5.78 Å². The molecule has 2 rings (SSSR count). The molecule has 0 bridgehead atoms. The highest BCUT2D eigenvalue weighted by molar-refractivity contribution is 6.01. The lowest BCUT2D eigenvalue weighted by Gasteiger charge is -2.03. The quantitative estimate of drug-likeness (QED) is 0.778. The van der Waals surface area contributed by atoms with Crippen LogP contribution in [0.5, 0.6) is 0 Å². The van der Waals surface area contributed by atoms with Crippen LogP contribution in [0.4, 0.5) is 14.5 Å². The number of carbonyl (C=O) groups excluding carboxylic acids is 1. The standard InChI is InChI=1S/C12H9F2NO/c13-9-4-5-11(10(14)6-9)15-7-8-2-1-3-12(8)16/h1-2,4-7,15H,3H2/b8-7-. The minimum absolute atomic E-state index is 0.0185. The molecule has 16 heavy (non-hydrogen) atoms. The fourth-order valence-electron chi connectivity index (χ4n) is 1.39. The molecule has 1 aliphatic rings. The van der Waals surface area contributed by atoms with Crippen molar-refractivity contribution in [1.29, 1.82) is 0 Å². The van der Waals surface area contributed by atoms with E-state index in [1.54, 1.807) is 12.2 Å². The molecule has 1 aliphatic carbocycles. The highest BCUT2D eigenvalue weighted by atomic mass is 19.1. The Balaban J connectivity index is 2.16. The molecule has 0 spiro atoms. The van der Waals surface area contributed by atoms with Crippen molar-refractivity contribution in [3.8, 4) is 0 Å². The smallest absolute Gasteiger partial charge is 0.168 e. The molecule has 1 N–H and O–H groups in total. The van der Waals surface area contributed by atoms with Gasteiger partial charge in [-0.05, 0) is 12.1 Å². The summed E-state index contributed by atoms with van der Waals surface area (Å²) in [5, 5.41) is 2.64. The first-order valence-corrected chi connectivity index (χ1v) is 4.78. The molecule has 82 valence electrons. The summed E-state index contributed by atoms with van der Waals surface area (Å²) in [6.45, 7) is 0. The molecule has 0 aromatic heterocycles. The monoisotopic (exact) mass is 221 g/mol. The third kappa shape index (κ3) is 2.16. The van der Waals surface area contributed by atoms with Crippen molar-refractivity contribution in [2.45, 2.75) is 6.42 Å². The van der Waals surface area contributed by atoms with Crippen LogP contribution in [0.2, 0.25) is 0 Å². The second-order valence-electron chi connectivity index (χ2n) is 3.40. The molecule has 2 nitrogen and oxygen atoms in total. The Labute approximate surface area is 91.3 Å². The number of hydrogen-bond acceptors (Lipinski definition) is 2. The molecule has 0 atom stereocenters. The van der Waals surface area contributed by atoms with E-state index in [1.165, 1.54) is 12.3 Å². The molecule has 0 aliphatic heterocycles. The van der Waals surface area contributed by atoms with Gasteiger partial charge in [-0.1, -0.05) is 12.2 Å². The Morgan fingerprint density at radius 2 is 2.12 bits per heavy atom. The molecule has 1 aromatic carbocycles. The van der Waals surface area contributed by atoms with Gasteiger partial charge in [-0.2, -0.15) is 0 Å². The Morgan fingerprint density at radius 3 is 2.75 bits per heavy atom. The van der Waals surface area contributed by atoms with Crippen LogP contribution >= 0.6 is 0 Å². The summed E-state index contributed by atoms with van der Waals surface area (Å²) in [6, 6.07) is 3.22. The number of carbonyl (C=O) groups is 1. The van der Waals surface area contributed by atoms with Gasteiger partial charge in [0.2, 0.25) is 0 Å². The summed E-state index contributed by atoms with van der Waals surface area (Å²) >= 11 is 0. The number of hydrogen-bond donors (Lipinski definition) is 1. The number of benzene rings is 1. The van der Waals surface area contributed by atoms with Gasteiger partial charge in [0.05, 0.1) is 5.69 Å². The average molecular weight is 221 g/mol. The first-order valence-electron chi connectivity index (χ1n) is 4.78. The maximum atomic E-state index is 13.2. The van der Waals surface area contributed by atoms with Gasteiger partial charge in [0, 0.05) is 24.3 Å². The van der Waals surface area contributed by atoms with Crippen molar-refractivity contribution in [1.82, 2.24) is 0 Å². The van der Waals surface area contributed by atoms with Gasteiger partial charge < -0.3 is 5.32 Å². The molecule has 0 heterocycles. The predicted octanol–water partition coefficient (Wildman–Crippen LogP) is 2.79. The molecular weight excluding hydrogens is 212 g/mol. The maximum Gasteiger partial charge on any atom is 0.168 e. The highest BCUT2D eigenvalue weighted by Gasteiger charge is 2.10. The molecule has 1 aromatic rings. The number of anilines is 1. The van der Waals surface area contributed by atoms with E-state index in [0.29, 0.717) is 12.0 Å². The molecule has 0 unspecified atom stereocenters. The number of ketones is 1.